The third-order valence-electron chi connectivity index (χ3n) is 3.76. The van der Waals surface area contributed by atoms with Gasteiger partial charge in [0.05, 0.1) is 16.3 Å². The lowest BCUT2D eigenvalue weighted by atomic mass is 9.99. The van der Waals surface area contributed by atoms with E-state index < -0.39 is 22.4 Å². The van der Waals surface area contributed by atoms with E-state index in [9.17, 15) is 19.7 Å². The van der Waals surface area contributed by atoms with Crippen molar-refractivity contribution in [3.63, 3.8) is 0 Å². The zero-order chi connectivity index (χ0) is 17.4. The zero-order valence-electron chi connectivity index (χ0n) is 12.5. The minimum atomic E-state index is -1.14. The molecule has 0 saturated heterocycles. The van der Waals surface area contributed by atoms with Gasteiger partial charge in [-0.1, -0.05) is 29.8 Å². The van der Waals surface area contributed by atoms with Crippen molar-refractivity contribution in [3.8, 4) is 0 Å². The number of nitrogens with zero attached hydrogens (tertiary/aromatic N) is 2. The molecule has 120 valence electrons. The largest absolute Gasteiger partial charge is 0.299 e. The first-order valence-electron chi connectivity index (χ1n) is 7.06. The van der Waals surface area contributed by atoms with Crippen LogP contribution in [0.4, 0.5) is 11.4 Å². The molecule has 1 aliphatic rings. The molecule has 0 fully saturated rings. The predicted octanol–water partition coefficient (Wildman–Crippen LogP) is 3.77. The van der Waals surface area contributed by atoms with Gasteiger partial charge < -0.3 is 0 Å². The molecule has 7 heteroatoms. The first kappa shape index (κ1) is 16.0. The van der Waals surface area contributed by atoms with Crippen molar-refractivity contribution in [2.75, 3.05) is 0 Å². The van der Waals surface area contributed by atoms with Crippen molar-refractivity contribution < 1.29 is 14.5 Å². The van der Waals surface area contributed by atoms with E-state index in [0.717, 1.165) is 0 Å². The number of carbonyl (C=O) groups excluding carboxylic acids is 2. The quantitative estimate of drug-likeness (QED) is 0.482. The molecule has 0 heterocycles. The number of aliphatic imine (C=N–C) groups is 1. The van der Waals surface area contributed by atoms with E-state index in [-0.39, 0.29) is 17.0 Å². The summed E-state index contributed by atoms with van der Waals surface area (Å²) in [7, 11) is 0. The number of carbonyl (C=O) groups is 2. The van der Waals surface area contributed by atoms with E-state index in [0.29, 0.717) is 16.3 Å². The van der Waals surface area contributed by atoms with Gasteiger partial charge in [0, 0.05) is 16.7 Å². The van der Waals surface area contributed by atoms with E-state index in [1.54, 1.807) is 30.3 Å². The van der Waals surface area contributed by atoms with Gasteiger partial charge in [-0.05, 0) is 25.1 Å². The highest BCUT2D eigenvalue weighted by Gasteiger charge is 2.43. The van der Waals surface area contributed by atoms with Gasteiger partial charge in [-0.25, -0.2) is 0 Å². The van der Waals surface area contributed by atoms with Crippen LogP contribution in [0.15, 0.2) is 47.5 Å². The third-order valence-corrected chi connectivity index (χ3v) is 4.00. The second-order valence-corrected chi connectivity index (χ2v) is 5.78. The van der Waals surface area contributed by atoms with Crippen LogP contribution in [0.25, 0.3) is 0 Å². The average molecular weight is 343 g/mol. The van der Waals surface area contributed by atoms with Gasteiger partial charge >= 0.3 is 0 Å². The number of nitro benzene ring substituents is 1. The molecular weight excluding hydrogens is 332 g/mol. The smallest absolute Gasteiger partial charge is 0.280 e. The maximum absolute atomic E-state index is 12.6. The van der Waals surface area contributed by atoms with E-state index in [1.807, 2.05) is 0 Å². The van der Waals surface area contributed by atoms with Crippen LogP contribution in [0.3, 0.4) is 0 Å². The summed E-state index contributed by atoms with van der Waals surface area (Å²) in [5, 5.41) is 11.7. The van der Waals surface area contributed by atoms with Crippen LogP contribution in [-0.4, -0.2) is 22.2 Å². The van der Waals surface area contributed by atoms with Crippen molar-refractivity contribution in [1.82, 2.24) is 0 Å². The van der Waals surface area contributed by atoms with E-state index >= 15 is 0 Å². The Morgan fingerprint density at radius 3 is 2.58 bits per heavy atom. The zero-order valence-corrected chi connectivity index (χ0v) is 13.3. The highest BCUT2D eigenvalue weighted by molar-refractivity contribution is 6.38. The molecule has 0 saturated carbocycles. The number of fused-ring (bicyclic) bond motifs is 1. The van der Waals surface area contributed by atoms with E-state index in [4.69, 9.17) is 11.6 Å². The van der Waals surface area contributed by atoms with Crippen LogP contribution in [0.5, 0.6) is 0 Å². The lowest BCUT2D eigenvalue weighted by Crippen LogP contribution is -2.23. The first-order chi connectivity index (χ1) is 11.4. The molecule has 0 aliphatic heterocycles. The average Bonchev–Trinajstić information content (AvgIpc) is 2.80. The standard InChI is InChI=1S/C17H11ClN2O4/c1-9(21)14-16(19-11-5-2-4-10(18)8-11)12-6-3-7-13(20(23)24)15(12)17(14)22/h2-8,14H,1H3/t14-/m0/s1. The molecule has 2 aromatic rings. The number of hydrogen-bond acceptors (Lipinski definition) is 5. The monoisotopic (exact) mass is 342 g/mol. The number of nitro groups is 1. The van der Waals surface area contributed by atoms with Crippen LogP contribution in [0.2, 0.25) is 5.02 Å². The fourth-order valence-corrected chi connectivity index (χ4v) is 2.96. The van der Waals surface area contributed by atoms with Crippen LogP contribution >= 0.6 is 11.6 Å². The molecule has 24 heavy (non-hydrogen) atoms. The molecule has 0 unspecified atom stereocenters. The Kier molecular flexibility index (Phi) is 3.99. The summed E-state index contributed by atoms with van der Waals surface area (Å²) in [6, 6.07) is 10.9. The number of halogens is 1. The fraction of sp³-hybridized carbons (Fsp3) is 0.118. The van der Waals surface area contributed by atoms with Gasteiger partial charge in [0.2, 0.25) is 0 Å². The molecule has 0 aromatic heterocycles. The molecule has 0 N–H and O–H groups in total. The number of Topliss-reactive ketones (excluding diaryl/α,β-unsaturated/α-hetero) is 2. The van der Waals surface area contributed by atoms with Gasteiger partial charge in [-0.2, -0.15) is 0 Å². The summed E-state index contributed by atoms with van der Waals surface area (Å²) in [5.74, 6) is -2.14. The van der Waals surface area contributed by atoms with Crippen molar-refractivity contribution in [3.05, 3.63) is 68.7 Å². The first-order valence-corrected chi connectivity index (χ1v) is 7.44. The Balaban J connectivity index is 2.26. The molecule has 0 amide bonds. The number of benzene rings is 2. The molecule has 2 aromatic carbocycles. The normalized spacial score (nSPS) is 17.8. The Morgan fingerprint density at radius 1 is 1.25 bits per heavy atom. The summed E-state index contributed by atoms with van der Waals surface area (Å²) in [4.78, 5) is 39.5. The molecule has 0 radical (unpaired) electrons. The van der Waals surface area contributed by atoms with Gasteiger partial charge in [0.1, 0.15) is 17.3 Å². The summed E-state index contributed by atoms with van der Waals surface area (Å²) in [5.41, 5.74) is 0.613. The molecule has 6 nitrogen and oxygen atoms in total. The summed E-state index contributed by atoms with van der Waals surface area (Å²) < 4.78 is 0. The van der Waals surface area contributed by atoms with Gasteiger partial charge in [0.15, 0.2) is 5.78 Å². The molecular formula is C17H11ClN2O4. The van der Waals surface area contributed by atoms with Gasteiger partial charge in [-0.15, -0.1) is 0 Å². The second-order valence-electron chi connectivity index (χ2n) is 5.34. The number of rotatable bonds is 3. The molecule has 1 atom stereocenters. The number of hydrogen-bond donors (Lipinski definition) is 0. The molecule has 1 aliphatic carbocycles. The second kappa shape index (κ2) is 5.98. The van der Waals surface area contributed by atoms with Crippen LogP contribution < -0.4 is 0 Å². The van der Waals surface area contributed by atoms with Crippen molar-refractivity contribution in [1.29, 1.82) is 0 Å². The maximum Gasteiger partial charge on any atom is 0.280 e. The van der Waals surface area contributed by atoms with Gasteiger partial charge in [0.25, 0.3) is 5.69 Å². The minimum absolute atomic E-state index is 0.0662. The van der Waals surface area contributed by atoms with Crippen molar-refractivity contribution in [2.24, 2.45) is 10.9 Å². The van der Waals surface area contributed by atoms with Crippen LogP contribution in [0, 0.1) is 16.0 Å². The molecule has 0 spiro atoms. The van der Waals surface area contributed by atoms with Crippen molar-refractivity contribution >= 4 is 40.3 Å². The van der Waals surface area contributed by atoms with E-state index in [2.05, 4.69) is 4.99 Å². The van der Waals surface area contributed by atoms with Crippen LogP contribution in [0.1, 0.15) is 22.8 Å². The minimum Gasteiger partial charge on any atom is -0.299 e. The molecule has 3 rings (SSSR count). The molecule has 0 bridgehead atoms. The Hall–Kier alpha value is -2.86. The maximum atomic E-state index is 12.6. The third kappa shape index (κ3) is 2.61. The Morgan fingerprint density at radius 2 is 1.96 bits per heavy atom. The van der Waals surface area contributed by atoms with Gasteiger partial charge in [-0.3, -0.25) is 24.7 Å². The summed E-state index contributed by atoms with van der Waals surface area (Å²) in [6.07, 6.45) is 0. The predicted molar refractivity (Wildman–Crippen MR) is 89.2 cm³/mol. The lowest BCUT2D eigenvalue weighted by molar-refractivity contribution is -0.385. The van der Waals surface area contributed by atoms with Crippen molar-refractivity contribution in [2.45, 2.75) is 6.92 Å². The van der Waals surface area contributed by atoms with Crippen LogP contribution in [-0.2, 0) is 4.79 Å². The number of ketones is 2. The Bertz CT molecular complexity index is 921. The highest BCUT2D eigenvalue weighted by Crippen LogP contribution is 2.36. The topological polar surface area (TPSA) is 89.6 Å². The summed E-state index contributed by atoms with van der Waals surface area (Å²) >= 11 is 5.93. The SMILES string of the molecule is CC(=O)[C@@H]1C(=O)c2c(cccc2[N+](=O)[O-])C1=Nc1cccc(Cl)c1. The Labute approximate surface area is 141 Å². The van der Waals surface area contributed by atoms with E-state index in [1.165, 1.54) is 19.1 Å². The highest BCUT2D eigenvalue weighted by atomic mass is 35.5. The lowest BCUT2D eigenvalue weighted by Gasteiger charge is -2.06. The fourth-order valence-electron chi connectivity index (χ4n) is 2.78. The summed E-state index contributed by atoms with van der Waals surface area (Å²) in [6.45, 7) is 1.27.